The van der Waals surface area contributed by atoms with E-state index < -0.39 is 11.9 Å². The van der Waals surface area contributed by atoms with E-state index in [9.17, 15) is 9.18 Å². The van der Waals surface area contributed by atoms with Crippen LogP contribution < -0.4 is 4.74 Å². The van der Waals surface area contributed by atoms with Crippen molar-refractivity contribution in [3.8, 4) is 16.9 Å². The lowest BCUT2D eigenvalue weighted by molar-refractivity contribution is -0.141. The van der Waals surface area contributed by atoms with Crippen LogP contribution in [0.3, 0.4) is 0 Å². The number of aromatic nitrogens is 1. The summed E-state index contributed by atoms with van der Waals surface area (Å²) in [6.07, 6.45) is 4.25. The molecule has 0 radical (unpaired) electrons. The Morgan fingerprint density at radius 3 is 2.65 bits per heavy atom. The highest BCUT2D eigenvalue weighted by atomic mass is 35.5. The van der Waals surface area contributed by atoms with Gasteiger partial charge in [-0.2, -0.15) is 0 Å². The molecule has 162 valence electrons. The summed E-state index contributed by atoms with van der Waals surface area (Å²) in [5, 5.41) is 1.26. The summed E-state index contributed by atoms with van der Waals surface area (Å²) in [7, 11) is 0. The Hall–Kier alpha value is -2.37. The highest BCUT2D eigenvalue weighted by molar-refractivity contribution is 6.39. The summed E-state index contributed by atoms with van der Waals surface area (Å²) in [4.78, 5) is 19.2. The first kappa shape index (κ1) is 21.8. The SMILES string of the molecule is CC(Oc1ccc2c(-c3c(Cl)cc(F)cc3Cl)ccnc2c1)C(=O)N1CCCC[C@H]1C. The van der Waals surface area contributed by atoms with Crippen LogP contribution in [0.2, 0.25) is 10.0 Å². The Kier molecular flexibility index (Phi) is 6.35. The summed E-state index contributed by atoms with van der Waals surface area (Å²) in [6, 6.07) is 9.93. The van der Waals surface area contributed by atoms with Crippen molar-refractivity contribution in [3.05, 3.63) is 58.5 Å². The molecule has 4 nitrogen and oxygen atoms in total. The molecule has 0 bridgehead atoms. The summed E-state index contributed by atoms with van der Waals surface area (Å²) in [5.74, 6) is 0.0623. The topological polar surface area (TPSA) is 42.4 Å². The maximum atomic E-state index is 13.6. The molecule has 0 saturated carbocycles. The van der Waals surface area contributed by atoms with Crippen LogP contribution in [0.25, 0.3) is 22.0 Å². The first-order valence-electron chi connectivity index (χ1n) is 10.4. The molecule has 31 heavy (non-hydrogen) atoms. The molecule has 7 heteroatoms. The molecule has 1 aliphatic rings. The monoisotopic (exact) mass is 460 g/mol. The third kappa shape index (κ3) is 4.48. The van der Waals surface area contributed by atoms with E-state index in [2.05, 4.69) is 11.9 Å². The molecule has 1 amide bonds. The van der Waals surface area contributed by atoms with E-state index in [1.165, 1.54) is 12.1 Å². The fourth-order valence-electron chi connectivity index (χ4n) is 4.13. The van der Waals surface area contributed by atoms with Crippen LogP contribution in [0.5, 0.6) is 5.75 Å². The second-order valence-corrected chi connectivity index (χ2v) is 8.73. The minimum absolute atomic E-state index is 0.00103. The molecule has 4 rings (SSSR count). The van der Waals surface area contributed by atoms with Gasteiger partial charge in [-0.15, -0.1) is 0 Å². The van der Waals surface area contributed by atoms with Gasteiger partial charge in [-0.05, 0) is 69.0 Å². The van der Waals surface area contributed by atoms with Crippen LogP contribution in [-0.4, -0.2) is 34.5 Å². The third-order valence-electron chi connectivity index (χ3n) is 5.74. The molecule has 0 aliphatic carbocycles. The van der Waals surface area contributed by atoms with E-state index in [-0.39, 0.29) is 22.0 Å². The van der Waals surface area contributed by atoms with Gasteiger partial charge in [0.2, 0.25) is 0 Å². The number of fused-ring (bicyclic) bond motifs is 1. The number of pyridine rings is 1. The average molecular weight is 461 g/mol. The number of carbonyl (C=O) groups excluding carboxylic acids is 1. The fourth-order valence-corrected chi connectivity index (χ4v) is 4.80. The van der Waals surface area contributed by atoms with Gasteiger partial charge in [0, 0.05) is 35.8 Å². The third-order valence-corrected chi connectivity index (χ3v) is 6.33. The highest BCUT2D eigenvalue weighted by Crippen LogP contribution is 2.39. The minimum Gasteiger partial charge on any atom is -0.481 e. The molecular formula is C24H23Cl2FN2O2. The Morgan fingerprint density at radius 1 is 1.19 bits per heavy atom. The standard InChI is InChI=1S/C24H23Cl2FN2O2/c1-14-5-3-4-10-29(14)24(30)15(2)31-17-6-7-18-19(8-9-28-22(18)13-17)23-20(25)11-16(27)12-21(23)26/h6-9,11-15H,3-5,10H2,1-2H3/t14-,15?/m1/s1. The van der Waals surface area contributed by atoms with Crippen molar-refractivity contribution in [1.82, 2.24) is 9.88 Å². The number of carbonyl (C=O) groups is 1. The van der Waals surface area contributed by atoms with Crippen LogP contribution in [0.1, 0.15) is 33.1 Å². The van der Waals surface area contributed by atoms with Crippen LogP contribution in [0.15, 0.2) is 42.6 Å². The molecule has 1 unspecified atom stereocenters. The minimum atomic E-state index is -0.595. The van der Waals surface area contributed by atoms with Crippen molar-refractivity contribution in [2.45, 2.75) is 45.3 Å². The Labute approximate surface area is 190 Å². The molecule has 1 aromatic heterocycles. The van der Waals surface area contributed by atoms with E-state index in [1.807, 2.05) is 11.0 Å². The van der Waals surface area contributed by atoms with Gasteiger partial charge >= 0.3 is 0 Å². The maximum absolute atomic E-state index is 13.6. The lowest BCUT2D eigenvalue weighted by Gasteiger charge is -2.35. The van der Waals surface area contributed by atoms with Gasteiger partial charge in [0.25, 0.3) is 5.91 Å². The number of nitrogens with zero attached hydrogens (tertiary/aromatic N) is 2. The van der Waals surface area contributed by atoms with Crippen molar-refractivity contribution in [2.24, 2.45) is 0 Å². The lowest BCUT2D eigenvalue weighted by atomic mass is 10.0. The molecule has 1 saturated heterocycles. The highest BCUT2D eigenvalue weighted by Gasteiger charge is 2.28. The predicted octanol–water partition coefficient (Wildman–Crippen LogP) is 6.52. The maximum Gasteiger partial charge on any atom is 0.263 e. The fraction of sp³-hybridized carbons (Fsp3) is 0.333. The smallest absolute Gasteiger partial charge is 0.263 e. The van der Waals surface area contributed by atoms with E-state index in [0.717, 1.165) is 36.8 Å². The number of piperidine rings is 1. The van der Waals surface area contributed by atoms with E-state index in [1.54, 1.807) is 31.3 Å². The molecule has 1 fully saturated rings. The van der Waals surface area contributed by atoms with Gasteiger partial charge in [0.15, 0.2) is 6.10 Å². The summed E-state index contributed by atoms with van der Waals surface area (Å²) in [5.41, 5.74) is 1.96. The summed E-state index contributed by atoms with van der Waals surface area (Å²) in [6.45, 7) is 4.63. The molecule has 2 heterocycles. The Balaban J connectivity index is 1.62. The zero-order valence-electron chi connectivity index (χ0n) is 17.4. The van der Waals surface area contributed by atoms with E-state index in [4.69, 9.17) is 27.9 Å². The zero-order valence-corrected chi connectivity index (χ0v) is 18.9. The largest absolute Gasteiger partial charge is 0.481 e. The van der Waals surface area contributed by atoms with Gasteiger partial charge in [-0.1, -0.05) is 23.2 Å². The number of hydrogen-bond acceptors (Lipinski definition) is 3. The quantitative estimate of drug-likeness (QED) is 0.445. The number of rotatable bonds is 4. The first-order chi connectivity index (χ1) is 14.8. The van der Waals surface area contributed by atoms with E-state index in [0.29, 0.717) is 16.8 Å². The molecule has 0 spiro atoms. The second kappa shape index (κ2) is 9.01. The van der Waals surface area contributed by atoms with Crippen molar-refractivity contribution in [2.75, 3.05) is 6.54 Å². The number of benzene rings is 2. The van der Waals surface area contributed by atoms with Crippen LogP contribution in [-0.2, 0) is 4.79 Å². The van der Waals surface area contributed by atoms with E-state index >= 15 is 0 Å². The first-order valence-corrected chi connectivity index (χ1v) is 11.1. The van der Waals surface area contributed by atoms with Crippen molar-refractivity contribution < 1.29 is 13.9 Å². The summed E-state index contributed by atoms with van der Waals surface area (Å²) >= 11 is 12.6. The number of amides is 1. The van der Waals surface area contributed by atoms with Crippen LogP contribution in [0.4, 0.5) is 4.39 Å². The molecule has 2 aromatic carbocycles. The molecule has 0 N–H and O–H groups in total. The van der Waals surface area contributed by atoms with Crippen molar-refractivity contribution in [3.63, 3.8) is 0 Å². The Bertz CT molecular complexity index is 1110. The average Bonchev–Trinajstić information content (AvgIpc) is 2.73. The van der Waals surface area contributed by atoms with Crippen molar-refractivity contribution in [1.29, 1.82) is 0 Å². The zero-order chi connectivity index (χ0) is 22.1. The van der Waals surface area contributed by atoms with Gasteiger partial charge in [0.1, 0.15) is 11.6 Å². The number of ether oxygens (including phenoxy) is 1. The molecule has 3 aromatic rings. The van der Waals surface area contributed by atoms with Crippen LogP contribution >= 0.6 is 23.2 Å². The normalized spacial score (nSPS) is 17.6. The second-order valence-electron chi connectivity index (χ2n) is 7.92. The predicted molar refractivity (Wildman–Crippen MR) is 122 cm³/mol. The van der Waals surface area contributed by atoms with Crippen molar-refractivity contribution >= 4 is 40.0 Å². The molecule has 1 aliphatic heterocycles. The van der Waals surface area contributed by atoms with Gasteiger partial charge in [0.05, 0.1) is 15.6 Å². The number of likely N-dealkylation sites (tertiary alicyclic amines) is 1. The number of halogens is 3. The van der Waals surface area contributed by atoms with Gasteiger partial charge in [-0.3, -0.25) is 9.78 Å². The summed E-state index contributed by atoms with van der Waals surface area (Å²) < 4.78 is 19.6. The van der Waals surface area contributed by atoms with Gasteiger partial charge in [-0.25, -0.2) is 4.39 Å². The Morgan fingerprint density at radius 2 is 1.94 bits per heavy atom. The molecule has 2 atom stereocenters. The molecular weight excluding hydrogens is 438 g/mol. The lowest BCUT2D eigenvalue weighted by Crippen LogP contribution is -2.47. The van der Waals surface area contributed by atoms with Crippen LogP contribution in [0, 0.1) is 5.82 Å². The van der Waals surface area contributed by atoms with Gasteiger partial charge < -0.3 is 9.64 Å². The number of hydrogen-bond donors (Lipinski definition) is 0.